The number of alkyl halides is 3. The fraction of sp³-hybridized carbons (Fsp3) is 0.333. The molecule has 0 aliphatic heterocycles. The molecule has 1 amide bonds. The molecule has 0 spiro atoms. The molecule has 3 aromatic rings. The monoisotopic (exact) mass is 461 g/mol. The molecule has 9 heteroatoms. The Labute approximate surface area is 190 Å². The van der Waals surface area contributed by atoms with E-state index in [0.29, 0.717) is 29.3 Å². The van der Waals surface area contributed by atoms with E-state index in [0.717, 1.165) is 17.3 Å². The van der Waals surface area contributed by atoms with Crippen molar-refractivity contribution in [1.82, 2.24) is 15.1 Å². The Morgan fingerprint density at radius 1 is 1.06 bits per heavy atom. The molecule has 1 N–H and O–H groups in total. The Morgan fingerprint density at radius 2 is 1.82 bits per heavy atom. The summed E-state index contributed by atoms with van der Waals surface area (Å²) in [5.41, 5.74) is 1.72. The largest absolute Gasteiger partial charge is 0.493 e. The van der Waals surface area contributed by atoms with Crippen molar-refractivity contribution in [3.8, 4) is 17.2 Å². The van der Waals surface area contributed by atoms with Gasteiger partial charge in [-0.15, -0.1) is 0 Å². The summed E-state index contributed by atoms with van der Waals surface area (Å²) in [6.45, 7) is 3.32. The van der Waals surface area contributed by atoms with E-state index in [1.165, 1.54) is 25.0 Å². The summed E-state index contributed by atoms with van der Waals surface area (Å²) in [6.07, 6.45) is -4.12. The van der Waals surface area contributed by atoms with E-state index >= 15 is 0 Å². The predicted octanol–water partition coefficient (Wildman–Crippen LogP) is 4.77. The van der Waals surface area contributed by atoms with Crippen molar-refractivity contribution in [2.75, 3.05) is 14.2 Å². The third-order valence-electron chi connectivity index (χ3n) is 5.23. The molecule has 0 fully saturated rings. The molecule has 0 radical (unpaired) electrons. The fourth-order valence-corrected chi connectivity index (χ4v) is 3.69. The second-order valence-electron chi connectivity index (χ2n) is 7.61. The molecular weight excluding hydrogens is 435 g/mol. The molecule has 2 aromatic carbocycles. The number of amides is 1. The van der Waals surface area contributed by atoms with Gasteiger partial charge >= 0.3 is 6.18 Å². The van der Waals surface area contributed by atoms with Crippen LogP contribution in [0.1, 0.15) is 34.5 Å². The van der Waals surface area contributed by atoms with Crippen molar-refractivity contribution in [3.05, 3.63) is 70.5 Å². The maximum absolute atomic E-state index is 13.7. The van der Waals surface area contributed by atoms with Crippen molar-refractivity contribution in [2.24, 2.45) is 0 Å². The van der Waals surface area contributed by atoms with Crippen LogP contribution in [-0.2, 0) is 23.9 Å². The Hall–Kier alpha value is -3.49. The van der Waals surface area contributed by atoms with Crippen LogP contribution in [0.4, 0.5) is 13.2 Å². The van der Waals surface area contributed by atoms with Crippen LogP contribution in [0.5, 0.6) is 11.5 Å². The van der Waals surface area contributed by atoms with Gasteiger partial charge in [-0.05, 0) is 55.7 Å². The highest BCUT2D eigenvalue weighted by Crippen LogP contribution is 2.34. The number of para-hydroxylation sites is 1. The standard InChI is InChI=1S/C24H26F3N3O3/c1-15-12-16(2)30(29-15)19-10-8-18(20(13-19)24(25,26)27)14-28-22(31)11-9-17-6-5-7-21(32-3)23(17)33-4/h5-8,10,12-13H,9,11,14H2,1-4H3,(H,28,31). The van der Waals surface area contributed by atoms with Crippen molar-refractivity contribution in [2.45, 2.75) is 39.4 Å². The maximum Gasteiger partial charge on any atom is 0.416 e. The molecule has 3 rings (SSSR count). The number of ether oxygens (including phenoxy) is 2. The van der Waals surface area contributed by atoms with Gasteiger partial charge in [0.2, 0.25) is 5.91 Å². The van der Waals surface area contributed by atoms with Crippen molar-refractivity contribution < 1.29 is 27.4 Å². The maximum atomic E-state index is 13.7. The Bertz CT molecular complexity index is 1140. The van der Waals surface area contributed by atoms with Gasteiger partial charge in [-0.3, -0.25) is 4.79 Å². The van der Waals surface area contributed by atoms with Crippen LogP contribution in [0, 0.1) is 13.8 Å². The number of carbonyl (C=O) groups excluding carboxylic acids is 1. The van der Waals surface area contributed by atoms with Crippen molar-refractivity contribution in [3.63, 3.8) is 0 Å². The van der Waals surface area contributed by atoms with Gasteiger partial charge in [-0.2, -0.15) is 18.3 Å². The highest BCUT2D eigenvalue weighted by molar-refractivity contribution is 5.76. The Morgan fingerprint density at radius 3 is 2.42 bits per heavy atom. The lowest BCUT2D eigenvalue weighted by Gasteiger charge is -2.16. The van der Waals surface area contributed by atoms with Crippen LogP contribution < -0.4 is 14.8 Å². The van der Waals surface area contributed by atoms with Gasteiger partial charge in [-0.1, -0.05) is 18.2 Å². The molecule has 0 aliphatic rings. The molecule has 0 saturated carbocycles. The second kappa shape index (κ2) is 9.97. The smallest absolute Gasteiger partial charge is 0.416 e. The number of halogens is 3. The van der Waals surface area contributed by atoms with Crippen LogP contribution in [0.15, 0.2) is 42.5 Å². The third kappa shape index (κ3) is 5.66. The normalized spacial score (nSPS) is 11.4. The first kappa shape index (κ1) is 24.2. The van der Waals surface area contributed by atoms with Crippen molar-refractivity contribution >= 4 is 5.91 Å². The molecule has 0 aliphatic carbocycles. The number of carbonyl (C=O) groups is 1. The predicted molar refractivity (Wildman–Crippen MR) is 118 cm³/mol. The van der Waals surface area contributed by atoms with Gasteiger partial charge in [0.15, 0.2) is 11.5 Å². The lowest BCUT2D eigenvalue weighted by Crippen LogP contribution is -2.25. The average Bonchev–Trinajstić information content (AvgIpc) is 3.12. The molecule has 1 heterocycles. The molecule has 1 aromatic heterocycles. The Kier molecular flexibility index (Phi) is 7.30. The first-order valence-electron chi connectivity index (χ1n) is 10.3. The minimum Gasteiger partial charge on any atom is -0.493 e. The van der Waals surface area contributed by atoms with Gasteiger partial charge < -0.3 is 14.8 Å². The van der Waals surface area contributed by atoms with Crippen molar-refractivity contribution in [1.29, 1.82) is 0 Å². The van der Waals surface area contributed by atoms with E-state index in [-0.39, 0.29) is 24.4 Å². The van der Waals surface area contributed by atoms with E-state index in [1.54, 1.807) is 38.1 Å². The molecular formula is C24H26F3N3O3. The summed E-state index contributed by atoms with van der Waals surface area (Å²) in [7, 11) is 3.03. The number of methoxy groups -OCH3 is 2. The number of aromatic nitrogens is 2. The number of hydrogen-bond acceptors (Lipinski definition) is 4. The SMILES string of the molecule is COc1cccc(CCC(=O)NCc2ccc(-n3nc(C)cc3C)cc2C(F)(F)F)c1OC. The van der Waals surface area contributed by atoms with E-state index in [4.69, 9.17) is 9.47 Å². The summed E-state index contributed by atoms with van der Waals surface area (Å²) in [6, 6.07) is 11.1. The topological polar surface area (TPSA) is 65.4 Å². The minimum atomic E-state index is -4.57. The van der Waals surface area contributed by atoms with Crippen LogP contribution >= 0.6 is 0 Å². The number of aryl methyl sites for hydroxylation is 3. The third-order valence-corrected chi connectivity index (χ3v) is 5.23. The zero-order valence-electron chi connectivity index (χ0n) is 18.9. The summed E-state index contributed by atoms with van der Waals surface area (Å²) in [4.78, 5) is 12.4. The van der Waals surface area contributed by atoms with Crippen LogP contribution in [0.3, 0.4) is 0 Å². The van der Waals surface area contributed by atoms with E-state index in [9.17, 15) is 18.0 Å². The summed E-state index contributed by atoms with van der Waals surface area (Å²) in [5.74, 6) is 0.718. The second-order valence-corrected chi connectivity index (χ2v) is 7.61. The van der Waals surface area contributed by atoms with Gasteiger partial charge in [0.25, 0.3) is 0 Å². The highest BCUT2D eigenvalue weighted by Gasteiger charge is 2.34. The highest BCUT2D eigenvalue weighted by atomic mass is 19.4. The zero-order chi connectivity index (χ0) is 24.2. The zero-order valence-corrected chi connectivity index (χ0v) is 18.9. The number of rotatable bonds is 8. The van der Waals surface area contributed by atoms with E-state index in [2.05, 4.69) is 10.4 Å². The number of benzene rings is 2. The lowest BCUT2D eigenvalue weighted by molar-refractivity contribution is -0.138. The van der Waals surface area contributed by atoms with Crippen LogP contribution in [0.2, 0.25) is 0 Å². The Balaban J connectivity index is 1.72. The van der Waals surface area contributed by atoms with Gasteiger partial charge in [0.05, 0.1) is 31.2 Å². The van der Waals surface area contributed by atoms with Crippen LogP contribution in [-0.4, -0.2) is 29.9 Å². The summed E-state index contributed by atoms with van der Waals surface area (Å²) < 4.78 is 53.3. The van der Waals surface area contributed by atoms with E-state index in [1.807, 2.05) is 6.07 Å². The molecule has 0 bridgehead atoms. The van der Waals surface area contributed by atoms with Gasteiger partial charge in [0.1, 0.15) is 0 Å². The number of hydrogen-bond donors (Lipinski definition) is 1. The fourth-order valence-electron chi connectivity index (χ4n) is 3.69. The number of nitrogens with one attached hydrogen (secondary N) is 1. The number of nitrogens with zero attached hydrogens (tertiary/aromatic N) is 2. The molecule has 176 valence electrons. The van der Waals surface area contributed by atoms with Gasteiger partial charge in [-0.25, -0.2) is 4.68 Å². The quantitative estimate of drug-likeness (QED) is 0.525. The van der Waals surface area contributed by atoms with E-state index < -0.39 is 11.7 Å². The molecule has 0 atom stereocenters. The lowest BCUT2D eigenvalue weighted by atomic mass is 10.0. The first-order valence-corrected chi connectivity index (χ1v) is 10.3. The van der Waals surface area contributed by atoms with Gasteiger partial charge in [0, 0.05) is 18.7 Å². The van der Waals surface area contributed by atoms with Crippen LogP contribution in [0.25, 0.3) is 5.69 Å². The summed E-state index contributed by atoms with van der Waals surface area (Å²) >= 11 is 0. The first-order chi connectivity index (χ1) is 15.6. The molecule has 0 saturated heterocycles. The minimum absolute atomic E-state index is 0.0138. The molecule has 6 nitrogen and oxygen atoms in total. The molecule has 0 unspecified atom stereocenters. The molecule has 33 heavy (non-hydrogen) atoms. The summed E-state index contributed by atoms with van der Waals surface area (Å²) in [5, 5.41) is 6.84. The average molecular weight is 461 g/mol.